The maximum atomic E-state index is 11.6. The van der Waals surface area contributed by atoms with Crippen molar-refractivity contribution in [3.05, 3.63) is 78.2 Å². The molecule has 0 saturated carbocycles. The molecular formula is C16H17NO2. The Morgan fingerprint density at radius 2 is 1.95 bits per heavy atom. The van der Waals surface area contributed by atoms with Crippen molar-refractivity contribution in [2.24, 2.45) is 0 Å². The van der Waals surface area contributed by atoms with E-state index in [1.54, 1.807) is 25.2 Å². The Hall–Kier alpha value is -2.55. The Morgan fingerprint density at radius 1 is 1.26 bits per heavy atom. The summed E-state index contributed by atoms with van der Waals surface area (Å²) >= 11 is 0. The third-order valence-electron chi connectivity index (χ3n) is 2.18. The standard InChI is InChI=1S/C16H17NO2/c1-13(7-6-8-14(2)18)17-16(19)12-11-15-9-4-3-5-10-15/h3-12,18H,2H2,1H3,(H,17,19)/b8-6-,12-11+,13-7+. The smallest absolute Gasteiger partial charge is 0.248 e. The number of allylic oxidation sites excluding steroid dienone is 4. The van der Waals surface area contributed by atoms with E-state index in [1.165, 1.54) is 12.2 Å². The van der Waals surface area contributed by atoms with Crippen LogP contribution in [0.3, 0.4) is 0 Å². The van der Waals surface area contributed by atoms with E-state index >= 15 is 0 Å². The van der Waals surface area contributed by atoms with Crippen LogP contribution in [0.2, 0.25) is 0 Å². The lowest BCUT2D eigenvalue weighted by atomic mass is 10.2. The van der Waals surface area contributed by atoms with Crippen molar-refractivity contribution < 1.29 is 9.90 Å². The summed E-state index contributed by atoms with van der Waals surface area (Å²) in [4.78, 5) is 11.6. The number of hydrogen-bond donors (Lipinski definition) is 2. The van der Waals surface area contributed by atoms with Crippen LogP contribution >= 0.6 is 0 Å². The first-order valence-electron chi connectivity index (χ1n) is 5.85. The molecule has 3 heteroatoms. The van der Waals surface area contributed by atoms with Gasteiger partial charge in [0.1, 0.15) is 5.76 Å². The molecule has 0 spiro atoms. The van der Waals surface area contributed by atoms with Gasteiger partial charge in [0, 0.05) is 11.8 Å². The summed E-state index contributed by atoms with van der Waals surface area (Å²) < 4.78 is 0. The van der Waals surface area contributed by atoms with E-state index in [1.807, 2.05) is 30.3 Å². The predicted molar refractivity (Wildman–Crippen MR) is 78.3 cm³/mol. The fourth-order valence-corrected chi connectivity index (χ4v) is 1.32. The van der Waals surface area contributed by atoms with Crippen LogP contribution in [-0.2, 0) is 4.79 Å². The normalized spacial score (nSPS) is 11.9. The molecule has 0 saturated heterocycles. The SMILES string of the molecule is C=C(O)/C=C\C=C(/C)NC(=O)/C=C/c1ccccc1. The molecular weight excluding hydrogens is 238 g/mol. The molecule has 98 valence electrons. The van der Waals surface area contributed by atoms with Gasteiger partial charge in [-0.3, -0.25) is 4.79 Å². The lowest BCUT2D eigenvalue weighted by molar-refractivity contribution is -0.115. The number of amides is 1. The molecule has 1 aromatic carbocycles. The number of benzene rings is 1. The number of rotatable bonds is 5. The molecule has 3 nitrogen and oxygen atoms in total. The number of carbonyl (C=O) groups is 1. The Labute approximate surface area is 113 Å². The van der Waals surface area contributed by atoms with Gasteiger partial charge in [0.15, 0.2) is 0 Å². The maximum Gasteiger partial charge on any atom is 0.248 e. The minimum atomic E-state index is -0.200. The zero-order chi connectivity index (χ0) is 14.1. The summed E-state index contributed by atoms with van der Waals surface area (Å²) in [6, 6.07) is 9.58. The van der Waals surface area contributed by atoms with Crippen molar-refractivity contribution >= 4 is 12.0 Å². The second-order valence-corrected chi connectivity index (χ2v) is 3.93. The van der Waals surface area contributed by atoms with Crippen LogP contribution in [0.5, 0.6) is 0 Å². The van der Waals surface area contributed by atoms with E-state index in [4.69, 9.17) is 5.11 Å². The first-order valence-corrected chi connectivity index (χ1v) is 5.85. The average Bonchev–Trinajstić information content (AvgIpc) is 2.37. The lowest BCUT2D eigenvalue weighted by Gasteiger charge is -2.00. The first kappa shape index (κ1) is 14.5. The van der Waals surface area contributed by atoms with Crippen LogP contribution in [0.15, 0.2) is 72.7 Å². The zero-order valence-corrected chi connectivity index (χ0v) is 10.8. The molecule has 0 atom stereocenters. The molecule has 0 aliphatic carbocycles. The van der Waals surface area contributed by atoms with Gasteiger partial charge in [-0.05, 0) is 30.7 Å². The van der Waals surface area contributed by atoms with Crippen LogP contribution in [0, 0.1) is 0 Å². The van der Waals surface area contributed by atoms with Gasteiger partial charge in [-0.2, -0.15) is 0 Å². The minimum Gasteiger partial charge on any atom is -0.509 e. The molecule has 0 fully saturated rings. The maximum absolute atomic E-state index is 11.6. The van der Waals surface area contributed by atoms with E-state index < -0.39 is 0 Å². The van der Waals surface area contributed by atoms with Gasteiger partial charge in [-0.25, -0.2) is 0 Å². The third kappa shape index (κ3) is 6.68. The molecule has 2 N–H and O–H groups in total. The Balaban J connectivity index is 2.51. The molecule has 19 heavy (non-hydrogen) atoms. The Kier molecular flexibility index (Phi) is 5.89. The van der Waals surface area contributed by atoms with Crippen LogP contribution in [0.1, 0.15) is 12.5 Å². The quantitative estimate of drug-likeness (QED) is 0.481. The fourth-order valence-electron chi connectivity index (χ4n) is 1.32. The van der Waals surface area contributed by atoms with Crippen molar-refractivity contribution in [3.63, 3.8) is 0 Å². The number of hydrogen-bond acceptors (Lipinski definition) is 2. The van der Waals surface area contributed by atoms with Crippen molar-refractivity contribution in [1.82, 2.24) is 5.32 Å². The van der Waals surface area contributed by atoms with E-state index in [9.17, 15) is 4.79 Å². The van der Waals surface area contributed by atoms with Crippen LogP contribution in [-0.4, -0.2) is 11.0 Å². The highest BCUT2D eigenvalue weighted by molar-refractivity contribution is 5.92. The molecule has 0 bridgehead atoms. The highest BCUT2D eigenvalue weighted by Crippen LogP contribution is 2.00. The van der Waals surface area contributed by atoms with Crippen molar-refractivity contribution in [2.45, 2.75) is 6.92 Å². The van der Waals surface area contributed by atoms with Gasteiger partial charge < -0.3 is 10.4 Å². The summed E-state index contributed by atoms with van der Waals surface area (Å²) in [5, 5.41) is 11.5. The molecule has 1 amide bonds. The second kappa shape index (κ2) is 7.71. The lowest BCUT2D eigenvalue weighted by Crippen LogP contribution is -2.18. The Morgan fingerprint density at radius 3 is 2.58 bits per heavy atom. The monoisotopic (exact) mass is 255 g/mol. The van der Waals surface area contributed by atoms with Gasteiger partial charge in [-0.1, -0.05) is 43.0 Å². The van der Waals surface area contributed by atoms with Gasteiger partial charge >= 0.3 is 0 Å². The summed E-state index contributed by atoms with van der Waals surface area (Å²) in [6.07, 6.45) is 7.94. The van der Waals surface area contributed by atoms with Crippen molar-refractivity contribution in [3.8, 4) is 0 Å². The van der Waals surface area contributed by atoms with Crippen molar-refractivity contribution in [1.29, 1.82) is 0 Å². The zero-order valence-electron chi connectivity index (χ0n) is 10.8. The largest absolute Gasteiger partial charge is 0.509 e. The Bertz CT molecular complexity index is 525. The molecule has 1 rings (SSSR count). The highest BCUT2D eigenvalue weighted by atomic mass is 16.3. The fraction of sp³-hybridized carbons (Fsp3) is 0.0625. The molecule has 0 unspecified atom stereocenters. The van der Waals surface area contributed by atoms with Crippen molar-refractivity contribution in [2.75, 3.05) is 0 Å². The first-order chi connectivity index (χ1) is 9.08. The van der Waals surface area contributed by atoms with Gasteiger partial charge in [0.2, 0.25) is 5.91 Å². The van der Waals surface area contributed by atoms with Gasteiger partial charge in [-0.15, -0.1) is 0 Å². The third-order valence-corrected chi connectivity index (χ3v) is 2.18. The molecule has 0 aliphatic rings. The van der Waals surface area contributed by atoms with Gasteiger partial charge in [0.05, 0.1) is 0 Å². The molecule has 0 aliphatic heterocycles. The second-order valence-electron chi connectivity index (χ2n) is 3.93. The van der Waals surface area contributed by atoms with E-state index in [0.717, 1.165) is 5.56 Å². The highest BCUT2D eigenvalue weighted by Gasteiger charge is 1.94. The molecule has 0 heterocycles. The van der Waals surface area contributed by atoms with E-state index in [-0.39, 0.29) is 11.7 Å². The van der Waals surface area contributed by atoms with Crippen LogP contribution < -0.4 is 5.32 Å². The number of carbonyl (C=O) groups excluding carboxylic acids is 1. The summed E-state index contributed by atoms with van der Waals surface area (Å²) in [5.41, 5.74) is 1.65. The predicted octanol–water partition coefficient (Wildman–Crippen LogP) is 3.35. The number of nitrogens with one attached hydrogen (secondary N) is 1. The number of aliphatic hydroxyl groups is 1. The molecule has 1 aromatic rings. The summed E-state index contributed by atoms with van der Waals surface area (Å²) in [7, 11) is 0. The van der Waals surface area contributed by atoms with Crippen LogP contribution in [0.25, 0.3) is 6.08 Å². The molecule has 0 aromatic heterocycles. The minimum absolute atomic E-state index is 0.0284. The topological polar surface area (TPSA) is 49.3 Å². The summed E-state index contributed by atoms with van der Waals surface area (Å²) in [5.74, 6) is -0.229. The van der Waals surface area contributed by atoms with E-state index in [0.29, 0.717) is 5.70 Å². The van der Waals surface area contributed by atoms with E-state index in [2.05, 4.69) is 11.9 Å². The molecule has 0 radical (unpaired) electrons. The average molecular weight is 255 g/mol. The summed E-state index contributed by atoms with van der Waals surface area (Å²) in [6.45, 7) is 5.08. The van der Waals surface area contributed by atoms with Crippen LogP contribution in [0.4, 0.5) is 0 Å². The number of aliphatic hydroxyl groups excluding tert-OH is 1. The van der Waals surface area contributed by atoms with Gasteiger partial charge in [0.25, 0.3) is 0 Å².